The Morgan fingerprint density at radius 2 is 2.16 bits per heavy atom. The average Bonchev–Trinajstić information content (AvgIpc) is 2.93. The molecule has 1 N–H and O–H groups in total. The molecule has 108 valence electrons. The van der Waals surface area contributed by atoms with E-state index in [4.69, 9.17) is 0 Å². The van der Waals surface area contributed by atoms with Gasteiger partial charge in [-0.25, -0.2) is 8.42 Å². The van der Waals surface area contributed by atoms with E-state index in [1.807, 2.05) is 13.0 Å². The second-order valence-electron chi connectivity index (χ2n) is 5.75. The Hall–Kier alpha value is -0.430. The van der Waals surface area contributed by atoms with Gasteiger partial charge in [-0.15, -0.1) is 11.3 Å². The van der Waals surface area contributed by atoms with Gasteiger partial charge in [0.05, 0.1) is 0 Å². The monoisotopic (exact) mass is 302 g/mol. The smallest absolute Gasteiger partial charge is 0.252 e. The summed E-state index contributed by atoms with van der Waals surface area (Å²) >= 11 is 1.37. The normalized spacial score (nSPS) is 19.9. The van der Waals surface area contributed by atoms with Gasteiger partial charge in [0.25, 0.3) is 10.0 Å². The standard InChI is InChI=1S/C13H22N2O2S2/c1-4-14-9-11-5-6-12(18-11)19(16,17)15-8-7-13(2,3)10-15/h5-6,14H,4,7-10H2,1-3H3. The van der Waals surface area contributed by atoms with Crippen molar-refractivity contribution in [2.75, 3.05) is 19.6 Å². The molecule has 0 bridgehead atoms. The van der Waals surface area contributed by atoms with Crippen LogP contribution < -0.4 is 5.32 Å². The van der Waals surface area contributed by atoms with Crippen molar-refractivity contribution in [3.63, 3.8) is 0 Å². The molecule has 4 nitrogen and oxygen atoms in total. The van der Waals surface area contributed by atoms with Crippen LogP contribution in [0.25, 0.3) is 0 Å². The Kier molecular flexibility index (Phi) is 4.35. The molecule has 1 aliphatic rings. The van der Waals surface area contributed by atoms with Crippen LogP contribution in [0.4, 0.5) is 0 Å². The topological polar surface area (TPSA) is 49.4 Å². The fourth-order valence-electron chi connectivity index (χ4n) is 2.24. The molecule has 0 radical (unpaired) electrons. The van der Waals surface area contributed by atoms with Gasteiger partial charge in [0.1, 0.15) is 4.21 Å². The average molecular weight is 302 g/mol. The van der Waals surface area contributed by atoms with Gasteiger partial charge >= 0.3 is 0 Å². The number of thiophene rings is 1. The van der Waals surface area contributed by atoms with Crippen LogP contribution in [-0.4, -0.2) is 32.4 Å². The third kappa shape index (κ3) is 3.37. The second kappa shape index (κ2) is 5.52. The fraction of sp³-hybridized carbons (Fsp3) is 0.692. The van der Waals surface area contributed by atoms with Gasteiger partial charge < -0.3 is 5.32 Å². The lowest BCUT2D eigenvalue weighted by Crippen LogP contribution is -2.29. The van der Waals surface area contributed by atoms with Crippen molar-refractivity contribution in [1.29, 1.82) is 0 Å². The first-order chi connectivity index (χ1) is 8.85. The maximum atomic E-state index is 12.5. The van der Waals surface area contributed by atoms with E-state index in [1.165, 1.54) is 11.3 Å². The summed E-state index contributed by atoms with van der Waals surface area (Å²) in [7, 11) is -3.29. The molecule has 19 heavy (non-hydrogen) atoms. The van der Waals surface area contributed by atoms with Crippen LogP contribution in [0.15, 0.2) is 16.3 Å². The van der Waals surface area contributed by atoms with Crippen molar-refractivity contribution in [1.82, 2.24) is 9.62 Å². The molecule has 1 aliphatic heterocycles. The molecule has 0 aromatic carbocycles. The lowest BCUT2D eigenvalue weighted by molar-refractivity contribution is 0.376. The van der Waals surface area contributed by atoms with E-state index in [-0.39, 0.29) is 5.41 Å². The zero-order valence-corrected chi connectivity index (χ0v) is 13.4. The SMILES string of the molecule is CCNCc1ccc(S(=O)(=O)N2CCC(C)(C)C2)s1. The molecular weight excluding hydrogens is 280 g/mol. The number of hydrogen-bond acceptors (Lipinski definition) is 4. The van der Waals surface area contributed by atoms with Crippen LogP contribution in [0.2, 0.25) is 0 Å². The highest BCUT2D eigenvalue weighted by atomic mass is 32.2. The highest BCUT2D eigenvalue weighted by Crippen LogP contribution is 2.34. The maximum absolute atomic E-state index is 12.5. The molecule has 6 heteroatoms. The summed E-state index contributed by atoms with van der Waals surface area (Å²) < 4.78 is 27.1. The van der Waals surface area contributed by atoms with Gasteiger partial charge in [0.15, 0.2) is 0 Å². The van der Waals surface area contributed by atoms with Gasteiger partial charge in [0, 0.05) is 24.5 Å². The van der Waals surface area contributed by atoms with Crippen LogP contribution in [0, 0.1) is 5.41 Å². The number of hydrogen-bond donors (Lipinski definition) is 1. The number of nitrogens with zero attached hydrogens (tertiary/aromatic N) is 1. The highest BCUT2D eigenvalue weighted by Gasteiger charge is 2.37. The first kappa shape index (κ1) is 15.0. The van der Waals surface area contributed by atoms with Crippen LogP contribution >= 0.6 is 11.3 Å². The van der Waals surface area contributed by atoms with Gasteiger partial charge in [-0.2, -0.15) is 4.31 Å². The Balaban J connectivity index is 2.14. The second-order valence-corrected chi connectivity index (χ2v) is 9.09. The third-order valence-electron chi connectivity index (χ3n) is 3.42. The van der Waals surface area contributed by atoms with Crippen molar-refractivity contribution in [2.45, 2.75) is 37.9 Å². The van der Waals surface area contributed by atoms with Gasteiger partial charge in [-0.1, -0.05) is 20.8 Å². The Morgan fingerprint density at radius 1 is 1.42 bits per heavy atom. The Morgan fingerprint density at radius 3 is 2.74 bits per heavy atom. The molecule has 1 saturated heterocycles. The molecule has 0 spiro atoms. The van der Waals surface area contributed by atoms with Crippen LogP contribution in [0.5, 0.6) is 0 Å². The summed E-state index contributed by atoms with van der Waals surface area (Å²) in [4.78, 5) is 1.07. The number of rotatable bonds is 5. The molecule has 0 aliphatic carbocycles. The van der Waals surface area contributed by atoms with Crippen molar-refractivity contribution in [3.8, 4) is 0 Å². The van der Waals surface area contributed by atoms with E-state index in [1.54, 1.807) is 10.4 Å². The first-order valence-corrected chi connectivity index (χ1v) is 8.90. The Labute approximate surface area is 119 Å². The van der Waals surface area contributed by atoms with Crippen LogP contribution in [0.1, 0.15) is 32.1 Å². The van der Waals surface area contributed by atoms with E-state index in [0.717, 1.165) is 24.4 Å². The fourth-order valence-corrected chi connectivity index (χ4v) is 5.34. The van der Waals surface area contributed by atoms with Gasteiger partial charge in [-0.05, 0) is 30.5 Å². The molecule has 1 aromatic heterocycles. The number of nitrogens with one attached hydrogen (secondary N) is 1. The quantitative estimate of drug-likeness (QED) is 0.908. The van der Waals surface area contributed by atoms with E-state index >= 15 is 0 Å². The molecular formula is C13H22N2O2S2. The van der Waals surface area contributed by atoms with E-state index in [2.05, 4.69) is 19.2 Å². The zero-order chi connectivity index (χ0) is 14.1. The summed E-state index contributed by atoms with van der Waals surface area (Å²) in [5.74, 6) is 0. The molecule has 2 heterocycles. The van der Waals surface area contributed by atoms with Crippen molar-refractivity contribution in [2.24, 2.45) is 5.41 Å². The number of sulfonamides is 1. The summed E-state index contributed by atoms with van der Waals surface area (Å²) in [5, 5.41) is 3.21. The Bertz CT molecular complexity index is 535. The molecule has 0 amide bonds. The summed E-state index contributed by atoms with van der Waals surface area (Å²) in [5.41, 5.74) is 0.0942. The molecule has 1 fully saturated rings. The molecule has 1 aromatic rings. The van der Waals surface area contributed by atoms with Crippen LogP contribution in [0.3, 0.4) is 0 Å². The maximum Gasteiger partial charge on any atom is 0.252 e. The summed E-state index contributed by atoms with van der Waals surface area (Å²) in [6.07, 6.45) is 0.932. The van der Waals surface area contributed by atoms with E-state index < -0.39 is 10.0 Å². The third-order valence-corrected chi connectivity index (χ3v) is 6.82. The summed E-state index contributed by atoms with van der Waals surface area (Å²) in [6.45, 7) is 9.16. The first-order valence-electron chi connectivity index (χ1n) is 6.65. The minimum absolute atomic E-state index is 0.0942. The summed E-state index contributed by atoms with van der Waals surface area (Å²) in [6, 6.07) is 3.64. The van der Waals surface area contributed by atoms with Gasteiger partial charge in [-0.3, -0.25) is 0 Å². The lowest BCUT2D eigenvalue weighted by atomic mass is 9.93. The molecule has 0 atom stereocenters. The van der Waals surface area contributed by atoms with Crippen molar-refractivity contribution >= 4 is 21.4 Å². The molecule has 0 unspecified atom stereocenters. The molecule has 0 saturated carbocycles. The lowest BCUT2D eigenvalue weighted by Gasteiger charge is -2.18. The highest BCUT2D eigenvalue weighted by molar-refractivity contribution is 7.91. The largest absolute Gasteiger partial charge is 0.312 e. The zero-order valence-electron chi connectivity index (χ0n) is 11.8. The van der Waals surface area contributed by atoms with Gasteiger partial charge in [0.2, 0.25) is 0 Å². The van der Waals surface area contributed by atoms with Crippen molar-refractivity contribution in [3.05, 3.63) is 17.0 Å². The predicted octanol–water partition coefficient (Wildman–Crippen LogP) is 2.28. The molecule has 2 rings (SSSR count). The minimum atomic E-state index is -3.29. The minimum Gasteiger partial charge on any atom is -0.312 e. The van der Waals surface area contributed by atoms with Crippen molar-refractivity contribution < 1.29 is 8.42 Å². The van der Waals surface area contributed by atoms with E-state index in [0.29, 0.717) is 17.3 Å². The van der Waals surface area contributed by atoms with Crippen LogP contribution in [-0.2, 0) is 16.6 Å². The van der Waals surface area contributed by atoms with E-state index in [9.17, 15) is 8.42 Å². The predicted molar refractivity (Wildman–Crippen MR) is 78.9 cm³/mol.